The van der Waals surface area contributed by atoms with Gasteiger partial charge in [0.1, 0.15) is 0 Å². The molecule has 3 aliphatic rings. The molecule has 0 saturated heterocycles. The van der Waals surface area contributed by atoms with Crippen molar-refractivity contribution < 1.29 is 0 Å². The average molecular weight is 504 g/mol. The topological polar surface area (TPSA) is 12.4 Å². The molecule has 36 heavy (non-hydrogen) atoms. The number of benzene rings is 4. The quantitative estimate of drug-likeness (QED) is 0.199. The Kier molecular flexibility index (Phi) is 5.07. The van der Waals surface area contributed by atoms with Crippen molar-refractivity contribution in [2.24, 2.45) is 4.99 Å². The number of nitrogens with zero attached hydrogens (tertiary/aromatic N) is 1. The molecule has 7 rings (SSSR count). The van der Waals surface area contributed by atoms with E-state index in [1.165, 1.54) is 59.6 Å². The highest BCUT2D eigenvalue weighted by atomic mass is 32.2. The summed E-state index contributed by atoms with van der Waals surface area (Å²) in [5.74, 6) is 0.969. The van der Waals surface area contributed by atoms with E-state index in [0.29, 0.717) is 10.5 Å². The Labute approximate surface area is 221 Å². The lowest BCUT2D eigenvalue weighted by atomic mass is 9.68. The van der Waals surface area contributed by atoms with Gasteiger partial charge in [0.2, 0.25) is 0 Å². The van der Waals surface area contributed by atoms with Crippen molar-refractivity contribution >= 4 is 60.9 Å². The minimum atomic E-state index is -0.0827. The Hall–Kier alpha value is -2.75. The largest absolute Gasteiger partial charge is 0.269 e. The number of aliphatic imine (C=N–C) groups is 1. The molecule has 1 aliphatic heterocycles. The first-order valence-corrected chi connectivity index (χ1v) is 14.7. The summed E-state index contributed by atoms with van der Waals surface area (Å²) in [6, 6.07) is 19.1. The molecule has 3 heteroatoms. The molecule has 178 valence electrons. The van der Waals surface area contributed by atoms with Gasteiger partial charge in [0.15, 0.2) is 0 Å². The molecular formula is C33H29NS2. The molecule has 4 aromatic rings. The highest BCUT2D eigenvalue weighted by Crippen LogP contribution is 2.51. The van der Waals surface area contributed by atoms with E-state index in [1.807, 2.05) is 29.6 Å². The molecule has 1 heterocycles. The van der Waals surface area contributed by atoms with Gasteiger partial charge in [-0.1, -0.05) is 92.4 Å². The van der Waals surface area contributed by atoms with Crippen LogP contribution in [-0.2, 0) is 5.41 Å². The first-order chi connectivity index (χ1) is 17.5. The Balaban J connectivity index is 1.52. The van der Waals surface area contributed by atoms with Gasteiger partial charge in [-0.15, -0.1) is 18.3 Å². The van der Waals surface area contributed by atoms with Gasteiger partial charge in [0, 0.05) is 22.0 Å². The molecule has 0 saturated carbocycles. The third-order valence-corrected chi connectivity index (χ3v) is 10.6. The van der Waals surface area contributed by atoms with Crippen LogP contribution in [-0.4, -0.2) is 22.1 Å². The van der Waals surface area contributed by atoms with Gasteiger partial charge in [0.25, 0.3) is 0 Å². The molecule has 0 N–H and O–H groups in total. The van der Waals surface area contributed by atoms with Gasteiger partial charge in [-0.3, -0.25) is 4.99 Å². The minimum Gasteiger partial charge on any atom is -0.269 e. The maximum atomic E-state index is 5.17. The van der Waals surface area contributed by atoms with Crippen LogP contribution in [0.25, 0.3) is 32.3 Å². The number of hydrogen-bond donors (Lipinski definition) is 0. The maximum Gasteiger partial charge on any atom is 0.0997 e. The van der Waals surface area contributed by atoms with Crippen LogP contribution in [0.3, 0.4) is 0 Å². The summed E-state index contributed by atoms with van der Waals surface area (Å²) in [6.45, 7) is 11.0. The second-order valence-electron chi connectivity index (χ2n) is 10.6. The van der Waals surface area contributed by atoms with E-state index in [-0.39, 0.29) is 11.5 Å². The van der Waals surface area contributed by atoms with Gasteiger partial charge in [-0.2, -0.15) is 0 Å². The van der Waals surface area contributed by atoms with Crippen molar-refractivity contribution in [2.45, 2.75) is 42.7 Å². The normalized spacial score (nSPS) is 22.0. The lowest BCUT2D eigenvalue weighted by Crippen LogP contribution is -2.23. The van der Waals surface area contributed by atoms with Gasteiger partial charge in [0.05, 0.1) is 16.3 Å². The minimum absolute atomic E-state index is 0.0827. The van der Waals surface area contributed by atoms with Crippen LogP contribution in [0.4, 0.5) is 0 Å². The predicted octanol–water partition coefficient (Wildman–Crippen LogP) is 9.12. The molecule has 3 unspecified atom stereocenters. The summed E-state index contributed by atoms with van der Waals surface area (Å²) >= 11 is 3.86. The monoisotopic (exact) mass is 503 g/mol. The SMILES string of the molecule is C=CCSC(C)c1cc2c3c(ccc4cc(C5=NC6C=CC=CC6S5)c5cccc(c5c43)C2(C)C)c1. The van der Waals surface area contributed by atoms with E-state index < -0.39 is 0 Å². The first kappa shape index (κ1) is 22.4. The van der Waals surface area contributed by atoms with Crippen LogP contribution in [0.1, 0.15) is 48.3 Å². The van der Waals surface area contributed by atoms with Gasteiger partial charge in [-0.05, 0) is 68.1 Å². The standard InChI is InChI=1S/C33H29NS2/c1-5-15-35-19(2)22-16-20-13-14-21-17-24(32-34-27-11-6-7-12-28(27)36-32)23-9-8-10-25-31(23)30(21)29(20)26(18-22)33(25,3)4/h5-14,16-19,27-28H,1,15H2,2-4H3. The molecule has 0 spiro atoms. The molecule has 0 fully saturated rings. The molecule has 1 nitrogen and oxygen atoms in total. The number of fused-ring (bicyclic) bond motifs is 1. The zero-order chi connectivity index (χ0) is 24.6. The lowest BCUT2D eigenvalue weighted by molar-refractivity contribution is 0.651. The second-order valence-corrected chi connectivity index (χ2v) is 13.2. The maximum absolute atomic E-state index is 5.17. The Morgan fingerprint density at radius 2 is 1.81 bits per heavy atom. The van der Waals surface area contributed by atoms with Gasteiger partial charge in [-0.25, -0.2) is 0 Å². The first-order valence-electron chi connectivity index (χ1n) is 12.8. The van der Waals surface area contributed by atoms with Crippen molar-refractivity contribution in [3.63, 3.8) is 0 Å². The molecule has 0 bridgehead atoms. The van der Waals surface area contributed by atoms with E-state index in [9.17, 15) is 0 Å². The van der Waals surface area contributed by atoms with Crippen LogP contribution in [0.2, 0.25) is 0 Å². The third kappa shape index (κ3) is 3.15. The Morgan fingerprint density at radius 3 is 2.61 bits per heavy atom. The smallest absolute Gasteiger partial charge is 0.0997 e. The molecule has 4 aromatic carbocycles. The van der Waals surface area contributed by atoms with E-state index in [2.05, 4.69) is 100 Å². The van der Waals surface area contributed by atoms with Crippen LogP contribution in [0, 0.1) is 0 Å². The number of allylic oxidation sites excluding steroid dienone is 2. The zero-order valence-electron chi connectivity index (χ0n) is 20.9. The second kappa shape index (κ2) is 8.13. The zero-order valence-corrected chi connectivity index (χ0v) is 22.5. The summed E-state index contributed by atoms with van der Waals surface area (Å²) in [5.41, 5.74) is 5.49. The summed E-state index contributed by atoms with van der Waals surface area (Å²) in [7, 11) is 0. The Morgan fingerprint density at radius 1 is 1.00 bits per heavy atom. The number of thioether (sulfide) groups is 2. The van der Waals surface area contributed by atoms with Gasteiger partial charge < -0.3 is 0 Å². The fourth-order valence-electron chi connectivity index (χ4n) is 6.28. The summed E-state index contributed by atoms with van der Waals surface area (Å²) in [5, 5.41) is 10.3. The van der Waals surface area contributed by atoms with Crippen LogP contribution in [0.5, 0.6) is 0 Å². The fourth-order valence-corrected chi connectivity index (χ4v) is 8.23. The third-order valence-electron chi connectivity index (χ3n) is 8.16. The lowest BCUT2D eigenvalue weighted by Gasteiger charge is -2.35. The van der Waals surface area contributed by atoms with E-state index in [0.717, 1.165) is 5.75 Å². The van der Waals surface area contributed by atoms with Crippen LogP contribution >= 0.6 is 23.5 Å². The predicted molar refractivity (Wildman–Crippen MR) is 162 cm³/mol. The summed E-state index contributed by atoms with van der Waals surface area (Å²) in [6.07, 6.45) is 10.8. The highest BCUT2D eigenvalue weighted by Gasteiger charge is 2.35. The van der Waals surface area contributed by atoms with Crippen molar-refractivity contribution in [3.05, 3.63) is 108 Å². The fraction of sp³-hybridized carbons (Fsp3) is 0.242. The van der Waals surface area contributed by atoms with Crippen molar-refractivity contribution in [2.75, 3.05) is 5.75 Å². The summed E-state index contributed by atoms with van der Waals surface area (Å²) < 4.78 is 0. The van der Waals surface area contributed by atoms with Crippen molar-refractivity contribution in [1.29, 1.82) is 0 Å². The van der Waals surface area contributed by atoms with Gasteiger partial charge >= 0.3 is 0 Å². The number of hydrogen-bond acceptors (Lipinski definition) is 3. The molecule has 0 aromatic heterocycles. The summed E-state index contributed by atoms with van der Waals surface area (Å²) in [4.78, 5) is 5.17. The molecular weight excluding hydrogens is 475 g/mol. The van der Waals surface area contributed by atoms with Crippen LogP contribution < -0.4 is 0 Å². The van der Waals surface area contributed by atoms with Crippen molar-refractivity contribution in [1.82, 2.24) is 0 Å². The molecule has 0 radical (unpaired) electrons. The van der Waals surface area contributed by atoms with E-state index in [4.69, 9.17) is 4.99 Å². The van der Waals surface area contributed by atoms with Crippen LogP contribution in [0.15, 0.2) is 90.5 Å². The van der Waals surface area contributed by atoms with Crippen molar-refractivity contribution in [3.8, 4) is 0 Å². The Bertz CT molecular complexity index is 1690. The highest BCUT2D eigenvalue weighted by molar-refractivity contribution is 8.15. The average Bonchev–Trinajstić information content (AvgIpc) is 3.33. The molecule has 3 atom stereocenters. The molecule has 2 aliphatic carbocycles. The molecule has 0 amide bonds. The van der Waals surface area contributed by atoms with E-state index in [1.54, 1.807) is 0 Å². The number of rotatable bonds is 5. The van der Waals surface area contributed by atoms with E-state index >= 15 is 0 Å².